The summed E-state index contributed by atoms with van der Waals surface area (Å²) in [5, 5.41) is 19.7. The second-order valence-corrected chi connectivity index (χ2v) is 2.49. The van der Waals surface area contributed by atoms with Gasteiger partial charge >= 0.3 is 5.97 Å². The lowest BCUT2D eigenvalue weighted by Gasteiger charge is -2.24. The molecule has 11 heavy (non-hydrogen) atoms. The molecule has 62 valence electrons. The van der Waals surface area contributed by atoms with E-state index in [4.69, 9.17) is 10.2 Å². The predicted molar refractivity (Wildman–Crippen MR) is 34.8 cm³/mol. The number of aliphatic carboxylic acids is 1. The Morgan fingerprint density at radius 2 is 2.27 bits per heavy atom. The van der Waals surface area contributed by atoms with E-state index in [0.717, 1.165) is 0 Å². The SMILES string of the molecule is O=C1CC[C@H](O)[C@H](C(=O)O)N1. The van der Waals surface area contributed by atoms with Crippen molar-refractivity contribution >= 4 is 11.9 Å². The van der Waals surface area contributed by atoms with E-state index in [9.17, 15) is 9.59 Å². The van der Waals surface area contributed by atoms with E-state index in [1.54, 1.807) is 0 Å². The fourth-order valence-corrected chi connectivity index (χ4v) is 1.01. The third kappa shape index (κ3) is 1.68. The number of amides is 1. The molecule has 5 nitrogen and oxygen atoms in total. The first-order valence-corrected chi connectivity index (χ1v) is 3.31. The molecule has 2 atom stereocenters. The van der Waals surface area contributed by atoms with Gasteiger partial charge in [0.2, 0.25) is 5.91 Å². The molecule has 0 aliphatic carbocycles. The van der Waals surface area contributed by atoms with Crippen LogP contribution in [0.3, 0.4) is 0 Å². The molecule has 0 aromatic rings. The molecule has 1 aliphatic heterocycles. The van der Waals surface area contributed by atoms with Gasteiger partial charge in [-0.25, -0.2) is 4.79 Å². The minimum Gasteiger partial charge on any atom is -0.480 e. The number of piperidine rings is 1. The Morgan fingerprint density at radius 1 is 1.64 bits per heavy atom. The van der Waals surface area contributed by atoms with Crippen molar-refractivity contribution < 1.29 is 19.8 Å². The summed E-state index contributed by atoms with van der Waals surface area (Å²) in [5.41, 5.74) is 0. The van der Waals surface area contributed by atoms with E-state index in [1.165, 1.54) is 0 Å². The van der Waals surface area contributed by atoms with Crippen LogP contribution in [0, 0.1) is 0 Å². The lowest BCUT2D eigenvalue weighted by atomic mass is 10.0. The first-order valence-electron chi connectivity index (χ1n) is 3.31. The summed E-state index contributed by atoms with van der Waals surface area (Å²) in [6.07, 6.45) is -0.529. The number of aliphatic hydroxyl groups is 1. The van der Waals surface area contributed by atoms with Gasteiger partial charge in [-0.2, -0.15) is 0 Å². The fourth-order valence-electron chi connectivity index (χ4n) is 1.01. The molecule has 1 amide bonds. The average molecular weight is 159 g/mol. The third-order valence-electron chi connectivity index (χ3n) is 1.63. The van der Waals surface area contributed by atoms with Crippen molar-refractivity contribution in [3.05, 3.63) is 0 Å². The van der Waals surface area contributed by atoms with Gasteiger partial charge in [-0.3, -0.25) is 4.79 Å². The number of rotatable bonds is 1. The molecule has 0 bridgehead atoms. The van der Waals surface area contributed by atoms with Crippen LogP contribution in [0.15, 0.2) is 0 Å². The van der Waals surface area contributed by atoms with Gasteiger partial charge in [-0.05, 0) is 6.42 Å². The Kier molecular flexibility index (Phi) is 2.09. The minimum atomic E-state index is -1.19. The molecule has 0 aromatic carbocycles. The topological polar surface area (TPSA) is 86.6 Å². The van der Waals surface area contributed by atoms with E-state index >= 15 is 0 Å². The van der Waals surface area contributed by atoms with Crippen LogP contribution in [0.4, 0.5) is 0 Å². The summed E-state index contributed by atoms with van der Waals surface area (Å²) in [6.45, 7) is 0. The Balaban J connectivity index is 2.61. The van der Waals surface area contributed by atoms with Gasteiger partial charge in [0.25, 0.3) is 0 Å². The largest absolute Gasteiger partial charge is 0.480 e. The van der Waals surface area contributed by atoms with Gasteiger partial charge in [0.1, 0.15) is 0 Å². The van der Waals surface area contributed by atoms with E-state index in [0.29, 0.717) is 0 Å². The summed E-state index contributed by atoms with van der Waals surface area (Å²) in [6, 6.07) is -1.13. The number of hydrogen-bond donors (Lipinski definition) is 3. The Morgan fingerprint density at radius 3 is 2.73 bits per heavy atom. The standard InChI is InChI=1S/C6H9NO4/c8-3-1-2-4(9)7-5(3)6(10)11/h3,5,8H,1-2H2,(H,7,9)(H,10,11)/t3-,5+/m0/s1. The van der Waals surface area contributed by atoms with E-state index < -0.39 is 18.1 Å². The normalized spacial score (nSPS) is 31.2. The monoisotopic (exact) mass is 159 g/mol. The maximum absolute atomic E-state index is 10.6. The molecule has 0 aromatic heterocycles. The lowest BCUT2D eigenvalue weighted by Crippen LogP contribution is -2.52. The van der Waals surface area contributed by atoms with Crippen molar-refractivity contribution in [1.82, 2.24) is 5.32 Å². The summed E-state index contributed by atoms with van der Waals surface area (Å²) in [5.74, 6) is -1.51. The smallest absolute Gasteiger partial charge is 0.328 e. The van der Waals surface area contributed by atoms with Gasteiger partial charge in [-0.15, -0.1) is 0 Å². The molecule has 0 radical (unpaired) electrons. The summed E-state index contributed by atoms with van der Waals surface area (Å²) in [4.78, 5) is 21.0. The number of carbonyl (C=O) groups excluding carboxylic acids is 1. The highest BCUT2D eigenvalue weighted by Gasteiger charge is 2.32. The molecule has 1 saturated heterocycles. The van der Waals surface area contributed by atoms with Gasteiger partial charge in [0, 0.05) is 6.42 Å². The Hall–Kier alpha value is -1.10. The van der Waals surface area contributed by atoms with E-state index in [1.807, 2.05) is 0 Å². The molecule has 1 aliphatic rings. The molecule has 1 heterocycles. The highest BCUT2D eigenvalue weighted by atomic mass is 16.4. The zero-order valence-corrected chi connectivity index (χ0v) is 5.78. The molecule has 0 saturated carbocycles. The molecule has 1 rings (SSSR count). The van der Waals surface area contributed by atoms with Crippen LogP contribution < -0.4 is 5.32 Å². The highest BCUT2D eigenvalue weighted by molar-refractivity contribution is 5.85. The van der Waals surface area contributed by atoms with Crippen LogP contribution in [0.1, 0.15) is 12.8 Å². The van der Waals surface area contributed by atoms with Crippen LogP contribution >= 0.6 is 0 Å². The lowest BCUT2D eigenvalue weighted by molar-refractivity contribution is -0.147. The van der Waals surface area contributed by atoms with Crippen molar-refractivity contribution in [3.8, 4) is 0 Å². The Bertz CT molecular complexity index is 191. The van der Waals surface area contributed by atoms with Gasteiger partial charge in [-0.1, -0.05) is 0 Å². The molecule has 0 unspecified atom stereocenters. The average Bonchev–Trinajstić information content (AvgIpc) is 1.94. The summed E-state index contributed by atoms with van der Waals surface area (Å²) >= 11 is 0. The number of nitrogens with one attached hydrogen (secondary N) is 1. The zero-order chi connectivity index (χ0) is 8.43. The number of carbonyl (C=O) groups is 2. The van der Waals surface area contributed by atoms with Crippen LogP contribution in [0.25, 0.3) is 0 Å². The first-order chi connectivity index (χ1) is 5.11. The maximum Gasteiger partial charge on any atom is 0.328 e. The Labute approximate surface area is 63.0 Å². The number of aliphatic hydroxyl groups excluding tert-OH is 1. The van der Waals surface area contributed by atoms with Crippen molar-refractivity contribution in [3.63, 3.8) is 0 Å². The minimum absolute atomic E-state index is 0.199. The first kappa shape index (κ1) is 8.00. The molecular formula is C6H9NO4. The zero-order valence-electron chi connectivity index (χ0n) is 5.78. The van der Waals surface area contributed by atoms with Crippen LogP contribution in [-0.4, -0.2) is 34.2 Å². The molecule has 0 spiro atoms. The van der Waals surface area contributed by atoms with Crippen LogP contribution in [0.2, 0.25) is 0 Å². The molecule has 5 heteroatoms. The number of carboxylic acid groups (broad SMARTS) is 1. The number of carboxylic acids is 1. The van der Waals surface area contributed by atoms with Crippen LogP contribution in [-0.2, 0) is 9.59 Å². The maximum atomic E-state index is 10.6. The highest BCUT2D eigenvalue weighted by Crippen LogP contribution is 2.08. The molecular weight excluding hydrogens is 150 g/mol. The van der Waals surface area contributed by atoms with Crippen molar-refractivity contribution in [1.29, 1.82) is 0 Å². The quantitative estimate of drug-likeness (QED) is 0.444. The predicted octanol–water partition coefficient (Wildman–Crippen LogP) is -1.29. The van der Waals surface area contributed by atoms with Crippen molar-refractivity contribution in [2.24, 2.45) is 0 Å². The molecule has 3 N–H and O–H groups in total. The number of hydrogen-bond acceptors (Lipinski definition) is 3. The van der Waals surface area contributed by atoms with Gasteiger partial charge in [0.15, 0.2) is 6.04 Å². The fraction of sp³-hybridized carbons (Fsp3) is 0.667. The van der Waals surface area contributed by atoms with Crippen molar-refractivity contribution in [2.45, 2.75) is 25.0 Å². The van der Waals surface area contributed by atoms with E-state index in [-0.39, 0.29) is 18.7 Å². The summed E-state index contributed by atoms with van der Waals surface area (Å²) in [7, 11) is 0. The van der Waals surface area contributed by atoms with Gasteiger partial charge in [0.05, 0.1) is 6.10 Å². The second-order valence-electron chi connectivity index (χ2n) is 2.49. The van der Waals surface area contributed by atoms with Crippen molar-refractivity contribution in [2.75, 3.05) is 0 Å². The van der Waals surface area contributed by atoms with Crippen LogP contribution in [0.5, 0.6) is 0 Å². The van der Waals surface area contributed by atoms with Gasteiger partial charge < -0.3 is 15.5 Å². The van der Waals surface area contributed by atoms with E-state index in [2.05, 4.69) is 5.32 Å². The molecule has 1 fully saturated rings. The summed E-state index contributed by atoms with van der Waals surface area (Å²) < 4.78 is 0. The third-order valence-corrected chi connectivity index (χ3v) is 1.63. The second kappa shape index (κ2) is 2.87.